The number of fused-ring (bicyclic) bond motifs is 5. The molecule has 1 aliphatic rings. The van der Waals surface area contributed by atoms with E-state index in [-0.39, 0.29) is 5.91 Å². The summed E-state index contributed by atoms with van der Waals surface area (Å²) in [6.07, 6.45) is 3.63. The Bertz CT molecular complexity index is 1560. The monoisotopic (exact) mass is 470 g/mol. The van der Waals surface area contributed by atoms with Crippen LogP contribution in [0.25, 0.3) is 31.3 Å². The number of thiophene rings is 1. The summed E-state index contributed by atoms with van der Waals surface area (Å²) in [5.41, 5.74) is 6.65. The molecule has 5 nitrogen and oxygen atoms in total. The van der Waals surface area contributed by atoms with Crippen LogP contribution in [0.3, 0.4) is 0 Å². The van der Waals surface area contributed by atoms with Gasteiger partial charge in [0, 0.05) is 23.0 Å². The summed E-state index contributed by atoms with van der Waals surface area (Å²) < 4.78 is 1.00. The average molecular weight is 471 g/mol. The Hall–Kier alpha value is -3.03. The maximum absolute atomic E-state index is 13.1. The fraction of sp³-hybridized carbons (Fsp3) is 0.231. The van der Waals surface area contributed by atoms with E-state index in [9.17, 15) is 4.79 Å². The topological polar surface area (TPSA) is 59.0 Å². The standard InChI is InChI=1S/C26H22N4OS2/c1-15-10-16(2)18-12-19-23-24(33-25(19)29-20(18)11-15)26(28-14-27-23)32-13-22(31)30-9-5-7-17-6-3-4-8-21(17)30/h3-4,6,8,10-12,14H,5,7,9,13H2,1-2H3. The van der Waals surface area contributed by atoms with Crippen LogP contribution in [0.4, 0.5) is 5.69 Å². The molecule has 0 spiro atoms. The lowest BCUT2D eigenvalue weighted by Gasteiger charge is -2.29. The van der Waals surface area contributed by atoms with Gasteiger partial charge in [-0.3, -0.25) is 4.79 Å². The first-order valence-electron chi connectivity index (χ1n) is 11.0. The zero-order valence-corrected chi connectivity index (χ0v) is 20.1. The van der Waals surface area contributed by atoms with E-state index in [2.05, 4.69) is 48.1 Å². The van der Waals surface area contributed by atoms with Crippen molar-refractivity contribution in [2.24, 2.45) is 0 Å². The van der Waals surface area contributed by atoms with E-state index in [1.165, 1.54) is 28.5 Å². The van der Waals surface area contributed by atoms with Crippen LogP contribution in [-0.4, -0.2) is 33.2 Å². The van der Waals surface area contributed by atoms with Crippen LogP contribution < -0.4 is 4.90 Å². The summed E-state index contributed by atoms with van der Waals surface area (Å²) in [7, 11) is 0. The highest BCUT2D eigenvalue weighted by Crippen LogP contribution is 2.38. The van der Waals surface area contributed by atoms with Gasteiger partial charge in [0.2, 0.25) is 5.91 Å². The van der Waals surface area contributed by atoms with Crippen molar-refractivity contribution in [3.63, 3.8) is 0 Å². The molecular weight excluding hydrogens is 448 g/mol. The Balaban J connectivity index is 1.34. The number of carbonyl (C=O) groups is 1. The zero-order chi connectivity index (χ0) is 22.5. The summed E-state index contributed by atoms with van der Waals surface area (Å²) in [4.78, 5) is 30.1. The normalized spacial score (nSPS) is 13.7. The van der Waals surface area contributed by atoms with E-state index in [1.807, 2.05) is 23.1 Å². The van der Waals surface area contributed by atoms with Crippen LogP contribution in [0, 0.1) is 13.8 Å². The molecule has 1 aliphatic heterocycles. The van der Waals surface area contributed by atoms with E-state index in [1.54, 1.807) is 17.7 Å². The van der Waals surface area contributed by atoms with Crippen LogP contribution in [0.2, 0.25) is 0 Å². The molecule has 6 rings (SSSR count). The number of amides is 1. The molecule has 0 N–H and O–H groups in total. The summed E-state index contributed by atoms with van der Waals surface area (Å²) in [6.45, 7) is 4.99. The van der Waals surface area contributed by atoms with Crippen LogP contribution in [0.15, 0.2) is 53.8 Å². The second kappa shape index (κ2) is 8.08. The van der Waals surface area contributed by atoms with E-state index in [0.29, 0.717) is 5.75 Å². The number of pyridine rings is 1. The van der Waals surface area contributed by atoms with Crippen LogP contribution in [0.5, 0.6) is 0 Å². The van der Waals surface area contributed by atoms with Crippen molar-refractivity contribution in [3.8, 4) is 0 Å². The average Bonchev–Trinajstić information content (AvgIpc) is 3.19. The van der Waals surface area contributed by atoms with Gasteiger partial charge in [-0.25, -0.2) is 15.0 Å². The van der Waals surface area contributed by atoms with E-state index >= 15 is 0 Å². The maximum Gasteiger partial charge on any atom is 0.237 e. The highest BCUT2D eigenvalue weighted by Gasteiger charge is 2.23. The number of hydrogen-bond acceptors (Lipinski definition) is 6. The Labute approximate surface area is 199 Å². The molecule has 1 amide bonds. The number of benzene rings is 2. The second-order valence-corrected chi connectivity index (χ2v) is 10.5. The number of anilines is 1. The van der Waals surface area contributed by atoms with Crippen molar-refractivity contribution in [1.82, 2.24) is 15.0 Å². The lowest BCUT2D eigenvalue weighted by atomic mass is 10.0. The quantitative estimate of drug-likeness (QED) is 0.236. The molecule has 0 aliphatic carbocycles. The highest BCUT2D eigenvalue weighted by molar-refractivity contribution is 8.00. The molecule has 0 atom stereocenters. The van der Waals surface area contributed by atoms with Crippen LogP contribution in [0.1, 0.15) is 23.1 Å². The summed E-state index contributed by atoms with van der Waals surface area (Å²) in [5.74, 6) is 0.470. The molecular formula is C26H22N4OS2. The van der Waals surface area contributed by atoms with Crippen molar-refractivity contribution in [2.75, 3.05) is 17.2 Å². The number of hydrogen-bond donors (Lipinski definition) is 0. The summed E-state index contributed by atoms with van der Waals surface area (Å²) in [5, 5.41) is 3.05. The van der Waals surface area contributed by atoms with Gasteiger partial charge in [0.05, 0.1) is 21.5 Å². The molecule has 4 heterocycles. The highest BCUT2D eigenvalue weighted by atomic mass is 32.2. The first kappa shape index (κ1) is 20.6. The lowest BCUT2D eigenvalue weighted by molar-refractivity contribution is -0.116. The molecule has 7 heteroatoms. The predicted octanol–water partition coefficient (Wildman–Crippen LogP) is 6.08. The van der Waals surface area contributed by atoms with Gasteiger partial charge >= 0.3 is 0 Å². The third kappa shape index (κ3) is 3.56. The zero-order valence-electron chi connectivity index (χ0n) is 18.5. The van der Waals surface area contributed by atoms with Crippen LogP contribution >= 0.6 is 23.1 Å². The fourth-order valence-corrected chi connectivity index (χ4v) is 6.77. The third-order valence-corrected chi connectivity index (χ3v) is 8.42. The number of para-hydroxylation sites is 1. The molecule has 5 aromatic rings. The number of nitrogens with zero attached hydrogens (tertiary/aromatic N) is 4. The van der Waals surface area contributed by atoms with Gasteiger partial charge in [0.15, 0.2) is 0 Å². The van der Waals surface area contributed by atoms with Gasteiger partial charge < -0.3 is 4.90 Å². The molecule has 3 aromatic heterocycles. The number of aryl methyl sites for hydroxylation is 3. The Morgan fingerprint density at radius 2 is 2.00 bits per heavy atom. The van der Waals surface area contributed by atoms with Gasteiger partial charge in [-0.2, -0.15) is 0 Å². The Morgan fingerprint density at radius 3 is 2.91 bits per heavy atom. The molecule has 2 aromatic carbocycles. The fourth-order valence-electron chi connectivity index (χ4n) is 4.70. The molecule has 0 fully saturated rings. The van der Waals surface area contributed by atoms with Gasteiger partial charge in [0.1, 0.15) is 16.2 Å². The Morgan fingerprint density at radius 1 is 1.12 bits per heavy atom. The number of aromatic nitrogens is 3. The number of carbonyl (C=O) groups excluding carboxylic acids is 1. The van der Waals surface area contributed by atoms with E-state index in [4.69, 9.17) is 4.98 Å². The van der Waals surface area contributed by atoms with Gasteiger partial charge in [0.25, 0.3) is 0 Å². The van der Waals surface area contributed by atoms with Crippen molar-refractivity contribution in [2.45, 2.75) is 31.7 Å². The molecule has 33 heavy (non-hydrogen) atoms. The van der Waals surface area contributed by atoms with Crippen LogP contribution in [-0.2, 0) is 11.2 Å². The smallest absolute Gasteiger partial charge is 0.237 e. The van der Waals surface area contributed by atoms with Gasteiger partial charge in [-0.15, -0.1) is 11.3 Å². The first-order valence-corrected chi connectivity index (χ1v) is 12.8. The van der Waals surface area contributed by atoms with Crippen molar-refractivity contribution in [3.05, 3.63) is 65.5 Å². The Kier molecular flexibility index (Phi) is 5.03. The van der Waals surface area contributed by atoms with E-state index in [0.717, 1.165) is 61.4 Å². The molecule has 0 saturated heterocycles. The minimum Gasteiger partial charge on any atom is -0.311 e. The third-order valence-electron chi connectivity index (χ3n) is 6.22. The molecule has 0 unspecified atom stereocenters. The molecule has 0 bridgehead atoms. The van der Waals surface area contributed by atoms with E-state index < -0.39 is 0 Å². The van der Waals surface area contributed by atoms with Gasteiger partial charge in [-0.05, 0) is 61.6 Å². The first-order chi connectivity index (χ1) is 16.1. The summed E-state index contributed by atoms with van der Waals surface area (Å²) >= 11 is 3.10. The van der Waals surface area contributed by atoms with Crippen molar-refractivity contribution in [1.29, 1.82) is 0 Å². The SMILES string of the molecule is Cc1cc(C)c2cc3c(nc2c1)sc1c(SCC(=O)N2CCCc4ccccc42)ncnc13. The summed E-state index contributed by atoms with van der Waals surface area (Å²) in [6, 6.07) is 14.7. The maximum atomic E-state index is 13.1. The minimum absolute atomic E-state index is 0.120. The lowest BCUT2D eigenvalue weighted by Crippen LogP contribution is -2.36. The largest absolute Gasteiger partial charge is 0.311 e. The van der Waals surface area contributed by atoms with Gasteiger partial charge in [-0.1, -0.05) is 36.0 Å². The predicted molar refractivity (Wildman–Crippen MR) is 138 cm³/mol. The molecule has 0 radical (unpaired) electrons. The molecule has 0 saturated carbocycles. The van der Waals surface area contributed by atoms with Crippen molar-refractivity contribution < 1.29 is 4.79 Å². The number of thioether (sulfide) groups is 1. The minimum atomic E-state index is 0.120. The van der Waals surface area contributed by atoms with Crippen molar-refractivity contribution >= 4 is 66.0 Å². The number of rotatable bonds is 3. The second-order valence-electron chi connectivity index (χ2n) is 8.51. The molecule has 164 valence electrons.